The molecule has 0 spiro atoms. The van der Waals surface area contributed by atoms with Gasteiger partial charge in [0.05, 0.1) is 4.90 Å². The van der Waals surface area contributed by atoms with E-state index in [4.69, 9.17) is 9.15 Å². The first-order chi connectivity index (χ1) is 11.4. The van der Waals surface area contributed by atoms with E-state index >= 15 is 0 Å². The highest BCUT2D eigenvalue weighted by atomic mass is 32.2. The molecule has 0 saturated heterocycles. The van der Waals surface area contributed by atoms with Crippen LogP contribution in [-0.4, -0.2) is 19.7 Å². The van der Waals surface area contributed by atoms with Crippen LogP contribution in [-0.2, 0) is 16.4 Å². The van der Waals surface area contributed by atoms with Gasteiger partial charge in [-0.25, -0.2) is 17.8 Å². The zero-order valence-electron chi connectivity index (χ0n) is 12.8. The van der Waals surface area contributed by atoms with E-state index in [-0.39, 0.29) is 17.3 Å². The van der Waals surface area contributed by atoms with Crippen LogP contribution in [0.4, 0.5) is 4.39 Å². The molecule has 0 N–H and O–H groups in total. The lowest BCUT2D eigenvalue weighted by Crippen LogP contribution is -1.98. The van der Waals surface area contributed by atoms with Crippen LogP contribution in [0.2, 0.25) is 0 Å². The van der Waals surface area contributed by atoms with Crippen molar-refractivity contribution in [2.24, 2.45) is 0 Å². The van der Waals surface area contributed by atoms with Crippen molar-refractivity contribution in [2.75, 3.05) is 6.26 Å². The Labute approximate surface area is 138 Å². The molecule has 0 atom stereocenters. The molecular weight excluding hydrogens is 333 g/mol. The van der Waals surface area contributed by atoms with Gasteiger partial charge in [-0.15, -0.1) is 0 Å². The fourth-order valence-electron chi connectivity index (χ4n) is 2.07. The van der Waals surface area contributed by atoms with Gasteiger partial charge in [-0.3, -0.25) is 0 Å². The van der Waals surface area contributed by atoms with Crippen molar-refractivity contribution in [3.63, 3.8) is 0 Å². The quantitative estimate of drug-likeness (QED) is 0.707. The van der Waals surface area contributed by atoms with Crippen molar-refractivity contribution in [1.29, 1.82) is 0 Å². The van der Waals surface area contributed by atoms with E-state index < -0.39 is 9.84 Å². The smallest absolute Gasteiger partial charge is 0.226 e. The molecule has 0 fully saturated rings. The number of hydrogen-bond donors (Lipinski definition) is 0. The molecule has 0 radical (unpaired) electrons. The number of rotatable bonds is 5. The number of hydrogen-bond acceptors (Lipinski definition) is 5. The SMILES string of the molecule is CS(=O)(=O)c1ccc(OCc2coc(-c3cccc(F)c3)n2)cc1. The maximum Gasteiger partial charge on any atom is 0.226 e. The summed E-state index contributed by atoms with van der Waals surface area (Å²) >= 11 is 0. The first-order valence-electron chi connectivity index (χ1n) is 7.05. The first kappa shape index (κ1) is 16.2. The Bertz CT molecular complexity index is 949. The van der Waals surface area contributed by atoms with Gasteiger partial charge in [0.15, 0.2) is 9.84 Å². The summed E-state index contributed by atoms with van der Waals surface area (Å²) in [5.41, 5.74) is 1.08. The average molecular weight is 347 g/mol. The van der Waals surface area contributed by atoms with E-state index in [9.17, 15) is 12.8 Å². The Hall–Kier alpha value is -2.67. The van der Waals surface area contributed by atoms with Crippen molar-refractivity contribution >= 4 is 9.84 Å². The fourth-order valence-corrected chi connectivity index (χ4v) is 2.70. The summed E-state index contributed by atoms with van der Waals surface area (Å²) in [5.74, 6) is 0.452. The van der Waals surface area contributed by atoms with Crippen molar-refractivity contribution in [3.8, 4) is 17.2 Å². The Morgan fingerprint density at radius 3 is 2.58 bits per heavy atom. The normalized spacial score (nSPS) is 11.4. The van der Waals surface area contributed by atoms with Gasteiger partial charge in [0, 0.05) is 11.8 Å². The largest absolute Gasteiger partial charge is 0.487 e. The summed E-state index contributed by atoms with van der Waals surface area (Å²) in [6.07, 6.45) is 2.58. The number of oxazole rings is 1. The Balaban J connectivity index is 1.67. The van der Waals surface area contributed by atoms with Gasteiger partial charge in [-0.05, 0) is 42.5 Å². The van der Waals surface area contributed by atoms with Gasteiger partial charge in [0.2, 0.25) is 5.89 Å². The van der Waals surface area contributed by atoms with Crippen LogP contribution >= 0.6 is 0 Å². The summed E-state index contributed by atoms with van der Waals surface area (Å²) in [6, 6.07) is 12.1. The highest BCUT2D eigenvalue weighted by Crippen LogP contribution is 2.21. The fraction of sp³-hybridized carbons (Fsp3) is 0.118. The van der Waals surface area contributed by atoms with E-state index in [0.29, 0.717) is 22.9 Å². The van der Waals surface area contributed by atoms with E-state index in [1.807, 2.05) is 0 Å². The molecule has 7 heteroatoms. The zero-order chi connectivity index (χ0) is 17.2. The van der Waals surface area contributed by atoms with Crippen molar-refractivity contribution in [3.05, 3.63) is 66.3 Å². The third-order valence-electron chi connectivity index (χ3n) is 3.26. The monoisotopic (exact) mass is 347 g/mol. The van der Waals surface area contributed by atoms with Crippen LogP contribution < -0.4 is 4.74 Å². The average Bonchev–Trinajstić information content (AvgIpc) is 3.01. The molecular formula is C17H14FNO4S. The molecule has 1 heterocycles. The zero-order valence-corrected chi connectivity index (χ0v) is 13.6. The van der Waals surface area contributed by atoms with Crippen LogP contribution in [0.3, 0.4) is 0 Å². The third kappa shape index (κ3) is 3.80. The predicted molar refractivity (Wildman–Crippen MR) is 85.8 cm³/mol. The molecule has 0 saturated carbocycles. The van der Waals surface area contributed by atoms with Gasteiger partial charge >= 0.3 is 0 Å². The Morgan fingerprint density at radius 2 is 1.92 bits per heavy atom. The minimum atomic E-state index is -3.23. The molecule has 0 aliphatic rings. The van der Waals surface area contributed by atoms with Crippen LogP contribution in [0.15, 0.2) is 64.1 Å². The molecule has 3 rings (SSSR count). The van der Waals surface area contributed by atoms with Gasteiger partial charge in [0.1, 0.15) is 30.1 Å². The molecule has 24 heavy (non-hydrogen) atoms. The van der Waals surface area contributed by atoms with Gasteiger partial charge in [0.25, 0.3) is 0 Å². The van der Waals surface area contributed by atoms with Crippen LogP contribution in [0.1, 0.15) is 5.69 Å². The van der Waals surface area contributed by atoms with Crippen molar-refractivity contribution in [2.45, 2.75) is 11.5 Å². The molecule has 5 nitrogen and oxygen atoms in total. The molecule has 1 aromatic heterocycles. The minimum Gasteiger partial charge on any atom is -0.487 e. The second kappa shape index (κ2) is 6.45. The lowest BCUT2D eigenvalue weighted by atomic mass is 10.2. The Morgan fingerprint density at radius 1 is 1.17 bits per heavy atom. The van der Waals surface area contributed by atoms with Crippen LogP contribution in [0.25, 0.3) is 11.5 Å². The number of benzene rings is 2. The van der Waals surface area contributed by atoms with E-state index in [1.165, 1.54) is 30.5 Å². The number of nitrogens with zero attached hydrogens (tertiary/aromatic N) is 1. The highest BCUT2D eigenvalue weighted by molar-refractivity contribution is 7.90. The molecule has 0 unspecified atom stereocenters. The van der Waals surface area contributed by atoms with Gasteiger partial charge in [-0.2, -0.15) is 0 Å². The van der Waals surface area contributed by atoms with Crippen molar-refractivity contribution < 1.29 is 22.0 Å². The highest BCUT2D eigenvalue weighted by Gasteiger charge is 2.09. The Kier molecular flexibility index (Phi) is 4.35. The lowest BCUT2D eigenvalue weighted by molar-refractivity contribution is 0.301. The summed E-state index contributed by atoms with van der Waals surface area (Å²) in [6.45, 7) is 0.150. The first-order valence-corrected chi connectivity index (χ1v) is 8.94. The summed E-state index contributed by atoms with van der Waals surface area (Å²) < 4.78 is 46.9. The van der Waals surface area contributed by atoms with Gasteiger partial charge in [-0.1, -0.05) is 6.07 Å². The molecule has 3 aromatic rings. The van der Waals surface area contributed by atoms with E-state index in [1.54, 1.807) is 24.3 Å². The number of halogens is 1. The minimum absolute atomic E-state index is 0.150. The standard InChI is InChI=1S/C17H14FNO4S/c1-24(20,21)16-7-5-15(6-8-16)22-10-14-11-23-17(19-14)12-3-2-4-13(18)9-12/h2-9,11H,10H2,1H3. The van der Waals surface area contributed by atoms with Gasteiger partial charge < -0.3 is 9.15 Å². The number of sulfone groups is 1. The molecule has 0 bridgehead atoms. The van der Waals surface area contributed by atoms with E-state index in [0.717, 1.165) is 6.26 Å². The number of ether oxygens (including phenoxy) is 1. The second-order valence-corrected chi connectivity index (χ2v) is 7.20. The topological polar surface area (TPSA) is 69.4 Å². The van der Waals surface area contributed by atoms with Crippen LogP contribution in [0, 0.1) is 5.82 Å². The molecule has 124 valence electrons. The maximum atomic E-state index is 13.2. The second-order valence-electron chi connectivity index (χ2n) is 5.19. The summed E-state index contributed by atoms with van der Waals surface area (Å²) in [7, 11) is -3.23. The summed E-state index contributed by atoms with van der Waals surface area (Å²) in [4.78, 5) is 4.47. The molecule has 0 amide bonds. The lowest BCUT2D eigenvalue weighted by Gasteiger charge is -2.04. The third-order valence-corrected chi connectivity index (χ3v) is 4.39. The molecule has 0 aliphatic carbocycles. The predicted octanol–water partition coefficient (Wildman–Crippen LogP) is 3.46. The summed E-state index contributed by atoms with van der Waals surface area (Å²) in [5, 5.41) is 0. The molecule has 0 aliphatic heterocycles. The van der Waals surface area contributed by atoms with E-state index in [2.05, 4.69) is 4.98 Å². The molecule has 2 aromatic carbocycles. The maximum absolute atomic E-state index is 13.2. The van der Waals surface area contributed by atoms with Crippen molar-refractivity contribution in [1.82, 2.24) is 4.98 Å². The number of aromatic nitrogens is 1. The van der Waals surface area contributed by atoms with Crippen LogP contribution in [0.5, 0.6) is 5.75 Å².